The van der Waals surface area contributed by atoms with Gasteiger partial charge in [0.1, 0.15) is 0 Å². The fourth-order valence-electron chi connectivity index (χ4n) is 3.99. The van der Waals surface area contributed by atoms with Crippen LogP contribution in [-0.4, -0.2) is 37.2 Å². The van der Waals surface area contributed by atoms with E-state index in [1.165, 1.54) is 19.2 Å². The number of nitro groups is 1. The number of benzene rings is 2. The molecule has 36 heavy (non-hydrogen) atoms. The van der Waals surface area contributed by atoms with Crippen molar-refractivity contribution in [2.45, 2.75) is 45.6 Å². The number of methoxy groups -OCH3 is 1. The summed E-state index contributed by atoms with van der Waals surface area (Å²) in [6.07, 6.45) is 3.79. The van der Waals surface area contributed by atoms with Gasteiger partial charge in [-0.05, 0) is 30.5 Å². The molecule has 0 radical (unpaired) electrons. The number of carbonyl (C=O) groups excluding carboxylic acids is 2. The molecule has 0 bridgehead atoms. The minimum atomic E-state index is -1.03. The third-order valence-electron chi connectivity index (χ3n) is 5.68. The van der Waals surface area contributed by atoms with E-state index in [0.29, 0.717) is 12.2 Å². The van der Waals surface area contributed by atoms with Gasteiger partial charge >= 0.3 is 17.7 Å². The Morgan fingerprint density at radius 3 is 2.50 bits per heavy atom. The van der Waals surface area contributed by atoms with Gasteiger partial charge in [0.15, 0.2) is 5.75 Å². The highest BCUT2D eigenvalue weighted by Gasteiger charge is 2.36. The molecule has 0 aromatic heterocycles. The average molecular weight is 498 g/mol. The number of unbranched alkanes of at least 4 members (excludes halogenated alkanes) is 3. The summed E-state index contributed by atoms with van der Waals surface area (Å²) in [5, 5.41) is 17.4. The Morgan fingerprint density at radius 1 is 1.11 bits per heavy atom. The summed E-state index contributed by atoms with van der Waals surface area (Å²) < 4.78 is 16.5. The van der Waals surface area contributed by atoms with Gasteiger partial charge < -0.3 is 24.8 Å². The molecule has 0 spiro atoms. The number of nitrogens with zero attached hydrogens (tertiary/aromatic N) is 1. The molecule has 0 saturated carbocycles. The van der Waals surface area contributed by atoms with Crippen molar-refractivity contribution in [2.24, 2.45) is 0 Å². The number of esters is 1. The standard InChI is InChI=1S/C26H31N3O7/c1-4-6-7-11-14-36-24-19(29(32)33)15-18(16-20(24)34-3)23-21(25(30)35-5-2)22(27-26(31)28-23)17-12-9-8-10-13-17/h8-10,12-13,15-16,23H,4-7,11,14H2,1-3H3,(H2,27,28,31). The van der Waals surface area contributed by atoms with Gasteiger partial charge in [0.25, 0.3) is 0 Å². The van der Waals surface area contributed by atoms with Crippen LogP contribution in [0.5, 0.6) is 11.5 Å². The molecule has 10 nitrogen and oxygen atoms in total. The quantitative estimate of drug-likeness (QED) is 0.185. The molecule has 1 aliphatic heterocycles. The number of hydrogen-bond donors (Lipinski definition) is 2. The minimum Gasteiger partial charge on any atom is -0.493 e. The van der Waals surface area contributed by atoms with Crippen molar-refractivity contribution < 1.29 is 28.7 Å². The summed E-state index contributed by atoms with van der Waals surface area (Å²) in [7, 11) is 1.38. The van der Waals surface area contributed by atoms with Crippen molar-refractivity contribution in [1.29, 1.82) is 0 Å². The molecular formula is C26H31N3O7. The number of nitro benzene ring substituents is 1. The molecule has 10 heteroatoms. The lowest BCUT2D eigenvalue weighted by Gasteiger charge is -2.29. The van der Waals surface area contributed by atoms with E-state index in [-0.39, 0.29) is 40.6 Å². The molecule has 0 saturated heterocycles. The molecule has 1 heterocycles. The van der Waals surface area contributed by atoms with E-state index >= 15 is 0 Å². The first kappa shape index (κ1) is 26.5. The normalized spacial score (nSPS) is 15.1. The number of carbonyl (C=O) groups is 2. The van der Waals surface area contributed by atoms with Gasteiger partial charge in [-0.15, -0.1) is 0 Å². The van der Waals surface area contributed by atoms with Crippen molar-refractivity contribution in [1.82, 2.24) is 10.6 Å². The van der Waals surface area contributed by atoms with E-state index in [1.54, 1.807) is 31.2 Å². The predicted octanol–water partition coefficient (Wildman–Crippen LogP) is 4.89. The van der Waals surface area contributed by atoms with Gasteiger partial charge in [-0.3, -0.25) is 10.1 Å². The smallest absolute Gasteiger partial charge is 0.338 e. The lowest BCUT2D eigenvalue weighted by atomic mass is 9.92. The predicted molar refractivity (Wildman–Crippen MR) is 134 cm³/mol. The van der Waals surface area contributed by atoms with Crippen LogP contribution in [0.15, 0.2) is 48.0 Å². The second kappa shape index (κ2) is 12.6. The monoisotopic (exact) mass is 497 g/mol. The van der Waals surface area contributed by atoms with Crippen LogP contribution in [0, 0.1) is 10.1 Å². The lowest BCUT2D eigenvalue weighted by Crippen LogP contribution is -2.45. The maximum atomic E-state index is 13.1. The first-order valence-corrected chi connectivity index (χ1v) is 11.9. The van der Waals surface area contributed by atoms with E-state index in [1.807, 2.05) is 6.07 Å². The van der Waals surface area contributed by atoms with Crippen LogP contribution >= 0.6 is 0 Å². The fourth-order valence-corrected chi connectivity index (χ4v) is 3.99. The highest BCUT2D eigenvalue weighted by atomic mass is 16.6. The largest absolute Gasteiger partial charge is 0.493 e. The number of ether oxygens (including phenoxy) is 3. The Labute approximate surface area is 209 Å². The van der Waals surface area contributed by atoms with Gasteiger partial charge in [0, 0.05) is 6.07 Å². The van der Waals surface area contributed by atoms with Crippen molar-refractivity contribution in [2.75, 3.05) is 20.3 Å². The molecule has 3 rings (SSSR count). The maximum absolute atomic E-state index is 13.1. The van der Waals surface area contributed by atoms with Crippen molar-refractivity contribution in [3.05, 3.63) is 69.3 Å². The zero-order valence-electron chi connectivity index (χ0n) is 20.7. The summed E-state index contributed by atoms with van der Waals surface area (Å²) in [4.78, 5) is 37.1. The molecule has 2 amide bonds. The molecule has 2 aromatic carbocycles. The molecule has 1 atom stereocenters. The average Bonchev–Trinajstić information content (AvgIpc) is 2.88. The second-order valence-electron chi connectivity index (χ2n) is 8.14. The first-order chi connectivity index (χ1) is 17.4. The number of amides is 2. The molecule has 192 valence electrons. The topological polar surface area (TPSA) is 129 Å². The number of urea groups is 1. The maximum Gasteiger partial charge on any atom is 0.338 e. The SMILES string of the molecule is CCCCCCOc1c(OC)cc(C2NC(=O)NC(c3ccccc3)=C2C(=O)OCC)cc1[N+](=O)[O-]. The summed E-state index contributed by atoms with van der Waals surface area (Å²) >= 11 is 0. The minimum absolute atomic E-state index is 0.00737. The van der Waals surface area contributed by atoms with E-state index in [0.717, 1.165) is 25.7 Å². The molecule has 0 aliphatic carbocycles. The molecule has 1 aliphatic rings. The van der Waals surface area contributed by atoms with Crippen molar-refractivity contribution >= 4 is 23.4 Å². The molecule has 0 fully saturated rings. The summed E-state index contributed by atoms with van der Waals surface area (Å²) in [5.41, 5.74) is 0.933. The Morgan fingerprint density at radius 2 is 1.86 bits per heavy atom. The zero-order chi connectivity index (χ0) is 26.1. The Hall–Kier alpha value is -4.08. The van der Waals surface area contributed by atoms with Crippen LogP contribution in [0.2, 0.25) is 0 Å². The van der Waals surface area contributed by atoms with Crippen molar-refractivity contribution in [3.8, 4) is 11.5 Å². The molecule has 1 unspecified atom stereocenters. The van der Waals surface area contributed by atoms with Crippen molar-refractivity contribution in [3.63, 3.8) is 0 Å². The van der Waals surface area contributed by atoms with Gasteiger partial charge in [-0.2, -0.15) is 0 Å². The highest BCUT2D eigenvalue weighted by Crippen LogP contribution is 2.42. The van der Waals surface area contributed by atoms with Gasteiger partial charge in [-0.25, -0.2) is 9.59 Å². The number of rotatable bonds is 12. The van der Waals surface area contributed by atoms with Crippen LogP contribution in [-0.2, 0) is 9.53 Å². The van der Waals surface area contributed by atoms with E-state index in [9.17, 15) is 19.7 Å². The first-order valence-electron chi connectivity index (χ1n) is 11.9. The van der Waals surface area contributed by atoms with E-state index in [4.69, 9.17) is 14.2 Å². The summed E-state index contributed by atoms with van der Waals surface area (Å²) in [6.45, 7) is 4.17. The van der Waals surface area contributed by atoms with E-state index in [2.05, 4.69) is 17.6 Å². The third-order valence-corrected chi connectivity index (χ3v) is 5.68. The second-order valence-corrected chi connectivity index (χ2v) is 8.14. The Bertz CT molecular complexity index is 1130. The number of hydrogen-bond acceptors (Lipinski definition) is 7. The number of nitrogens with one attached hydrogen (secondary N) is 2. The molecular weight excluding hydrogens is 466 g/mol. The van der Waals surface area contributed by atoms with Crippen LogP contribution < -0.4 is 20.1 Å². The molecule has 2 aromatic rings. The van der Waals surface area contributed by atoms with Crippen LogP contribution in [0.1, 0.15) is 56.7 Å². The van der Waals surface area contributed by atoms with Gasteiger partial charge in [-0.1, -0.05) is 56.5 Å². The van der Waals surface area contributed by atoms with Gasteiger partial charge in [0.05, 0.1) is 42.6 Å². The van der Waals surface area contributed by atoms with E-state index < -0.39 is 23.0 Å². The zero-order valence-corrected chi connectivity index (χ0v) is 20.7. The Balaban J connectivity index is 2.11. The van der Waals surface area contributed by atoms with Crippen LogP contribution in [0.4, 0.5) is 10.5 Å². The lowest BCUT2D eigenvalue weighted by molar-refractivity contribution is -0.386. The van der Waals surface area contributed by atoms with Gasteiger partial charge in [0.2, 0.25) is 5.75 Å². The summed E-state index contributed by atoms with van der Waals surface area (Å²) in [6, 6.07) is 10.1. The third kappa shape index (κ3) is 6.12. The van der Waals surface area contributed by atoms with Crippen LogP contribution in [0.25, 0.3) is 5.70 Å². The Kier molecular flexibility index (Phi) is 9.26. The fraction of sp³-hybridized carbons (Fsp3) is 0.385. The highest BCUT2D eigenvalue weighted by molar-refractivity contribution is 6.04. The van der Waals surface area contributed by atoms with Crippen LogP contribution in [0.3, 0.4) is 0 Å². The summed E-state index contributed by atoms with van der Waals surface area (Å²) in [5.74, 6) is -0.522. The molecule has 2 N–H and O–H groups in total.